The van der Waals surface area contributed by atoms with E-state index >= 15 is 0 Å². The molecule has 2 heterocycles. The summed E-state index contributed by atoms with van der Waals surface area (Å²) < 4.78 is 18.8. The Balaban J connectivity index is 1.71. The number of anilines is 1. The Bertz CT molecular complexity index is 1280. The van der Waals surface area contributed by atoms with Gasteiger partial charge >= 0.3 is 5.97 Å². The van der Waals surface area contributed by atoms with Crippen LogP contribution in [0.25, 0.3) is 0 Å². The van der Waals surface area contributed by atoms with E-state index in [4.69, 9.17) is 30.9 Å². The molecule has 3 aromatic rings. The summed E-state index contributed by atoms with van der Waals surface area (Å²) in [4.78, 5) is 17.7. The van der Waals surface area contributed by atoms with Crippen molar-refractivity contribution in [3.8, 4) is 11.5 Å². The number of nitrogens with one attached hydrogen (secondary N) is 1. The fourth-order valence-electron chi connectivity index (χ4n) is 3.91. The standard InChI is InChI=1S/C26H29ClN4O4S/c1-5-13-36-26-29-25-28-16(3)22(24(32)34-6-2)23(31(25)30-26)17-11-12-20(21(14-17)33-4)35-15-18-9-7-8-10-19(18)27/h7-12,14,23H,5-6,13,15H2,1-4H3,(H,28,29,30). The number of thioether (sulfide) groups is 1. The maximum Gasteiger partial charge on any atom is 0.338 e. The van der Waals surface area contributed by atoms with Crippen LogP contribution in [0.1, 0.15) is 44.4 Å². The smallest absolute Gasteiger partial charge is 0.338 e. The number of nitrogens with zero attached hydrogens (tertiary/aromatic N) is 3. The van der Waals surface area contributed by atoms with Crippen molar-refractivity contribution in [2.45, 2.75) is 45.0 Å². The maximum atomic E-state index is 13.0. The number of halogens is 1. The lowest BCUT2D eigenvalue weighted by atomic mass is 9.95. The van der Waals surface area contributed by atoms with E-state index < -0.39 is 12.0 Å². The van der Waals surface area contributed by atoms with Gasteiger partial charge in [0.15, 0.2) is 11.5 Å². The van der Waals surface area contributed by atoms with Crippen LogP contribution in [0.2, 0.25) is 5.02 Å². The van der Waals surface area contributed by atoms with Gasteiger partial charge in [-0.2, -0.15) is 4.98 Å². The number of carbonyl (C=O) groups is 1. The van der Waals surface area contributed by atoms with Crippen LogP contribution in [0.15, 0.2) is 58.9 Å². The molecule has 36 heavy (non-hydrogen) atoms. The van der Waals surface area contributed by atoms with E-state index in [0.29, 0.717) is 45.5 Å². The molecule has 10 heteroatoms. The Morgan fingerprint density at radius 2 is 2.00 bits per heavy atom. The van der Waals surface area contributed by atoms with Crippen LogP contribution in [0.4, 0.5) is 5.95 Å². The van der Waals surface area contributed by atoms with Crippen molar-refractivity contribution in [1.29, 1.82) is 0 Å². The third-order valence-electron chi connectivity index (χ3n) is 5.61. The number of rotatable bonds is 10. The van der Waals surface area contributed by atoms with Crippen molar-refractivity contribution >= 4 is 35.3 Å². The van der Waals surface area contributed by atoms with Gasteiger partial charge in [-0.25, -0.2) is 9.48 Å². The minimum atomic E-state index is -0.546. The largest absolute Gasteiger partial charge is 0.493 e. The molecule has 8 nitrogen and oxygen atoms in total. The summed E-state index contributed by atoms with van der Waals surface area (Å²) in [5.41, 5.74) is 2.80. The van der Waals surface area contributed by atoms with Crippen molar-refractivity contribution in [2.24, 2.45) is 0 Å². The molecule has 4 rings (SSSR count). The number of hydrogen-bond donors (Lipinski definition) is 1. The minimum Gasteiger partial charge on any atom is -0.493 e. The first-order valence-electron chi connectivity index (χ1n) is 11.7. The van der Waals surface area contributed by atoms with E-state index in [2.05, 4.69) is 17.2 Å². The first kappa shape index (κ1) is 25.9. The number of hydrogen-bond acceptors (Lipinski definition) is 8. The van der Waals surface area contributed by atoms with Crippen LogP contribution < -0.4 is 14.8 Å². The van der Waals surface area contributed by atoms with Crippen LogP contribution in [0.3, 0.4) is 0 Å². The van der Waals surface area contributed by atoms with Crippen LogP contribution in [-0.4, -0.2) is 40.2 Å². The molecule has 1 aliphatic heterocycles. The van der Waals surface area contributed by atoms with Gasteiger partial charge in [-0.15, -0.1) is 5.10 Å². The number of benzene rings is 2. The predicted molar refractivity (Wildman–Crippen MR) is 141 cm³/mol. The fraction of sp³-hybridized carbons (Fsp3) is 0.346. The summed E-state index contributed by atoms with van der Waals surface area (Å²) >= 11 is 7.85. The first-order chi connectivity index (χ1) is 17.5. The molecule has 1 atom stereocenters. The lowest BCUT2D eigenvalue weighted by Crippen LogP contribution is -2.29. The van der Waals surface area contributed by atoms with Crippen LogP contribution in [-0.2, 0) is 16.1 Å². The third-order valence-corrected chi connectivity index (χ3v) is 7.02. The van der Waals surface area contributed by atoms with Gasteiger partial charge in [0.25, 0.3) is 0 Å². The Labute approximate surface area is 220 Å². The normalized spacial score (nSPS) is 14.8. The van der Waals surface area contributed by atoms with Gasteiger partial charge in [0, 0.05) is 22.0 Å². The summed E-state index contributed by atoms with van der Waals surface area (Å²) in [5, 5.41) is 9.21. The predicted octanol–water partition coefficient (Wildman–Crippen LogP) is 5.87. The Kier molecular flexibility index (Phi) is 8.43. The molecule has 1 unspecified atom stereocenters. The molecular weight excluding hydrogens is 500 g/mol. The second kappa shape index (κ2) is 11.7. The molecule has 0 bridgehead atoms. The number of aromatic nitrogens is 3. The molecule has 0 spiro atoms. The summed E-state index contributed by atoms with van der Waals surface area (Å²) in [6.07, 6.45) is 1.00. The molecule has 2 aromatic carbocycles. The quantitative estimate of drug-likeness (QED) is 0.258. The average molecular weight is 529 g/mol. The number of fused-ring (bicyclic) bond motifs is 1. The topological polar surface area (TPSA) is 87.5 Å². The molecule has 0 saturated carbocycles. The molecule has 0 saturated heterocycles. The average Bonchev–Trinajstić information content (AvgIpc) is 3.28. The summed E-state index contributed by atoms with van der Waals surface area (Å²) in [6, 6.07) is 12.6. The van der Waals surface area contributed by atoms with Crippen molar-refractivity contribution < 1.29 is 19.0 Å². The van der Waals surface area contributed by atoms with Crippen molar-refractivity contribution in [1.82, 2.24) is 14.8 Å². The minimum absolute atomic E-state index is 0.266. The zero-order chi connectivity index (χ0) is 25.7. The lowest BCUT2D eigenvalue weighted by molar-refractivity contribution is -0.139. The highest BCUT2D eigenvalue weighted by Crippen LogP contribution is 2.40. The van der Waals surface area contributed by atoms with E-state index in [0.717, 1.165) is 23.3 Å². The Hall–Kier alpha value is -3.17. The highest BCUT2D eigenvalue weighted by molar-refractivity contribution is 7.99. The molecular formula is C26H29ClN4O4S. The van der Waals surface area contributed by atoms with Gasteiger partial charge in [0.05, 0.1) is 19.3 Å². The van der Waals surface area contributed by atoms with Crippen molar-refractivity contribution in [3.63, 3.8) is 0 Å². The molecule has 1 N–H and O–H groups in total. The highest BCUT2D eigenvalue weighted by Gasteiger charge is 2.35. The number of esters is 1. The second-order valence-electron chi connectivity index (χ2n) is 8.09. The van der Waals surface area contributed by atoms with Gasteiger partial charge in [-0.1, -0.05) is 54.6 Å². The summed E-state index contributed by atoms with van der Waals surface area (Å²) in [6.45, 7) is 6.29. The van der Waals surface area contributed by atoms with Gasteiger partial charge in [0.2, 0.25) is 11.1 Å². The van der Waals surface area contributed by atoms with Crippen LogP contribution in [0, 0.1) is 0 Å². The third kappa shape index (κ3) is 5.47. The summed E-state index contributed by atoms with van der Waals surface area (Å²) in [7, 11) is 1.58. The van der Waals surface area contributed by atoms with E-state index in [1.54, 1.807) is 30.5 Å². The first-order valence-corrected chi connectivity index (χ1v) is 13.1. The molecule has 190 valence electrons. The SMILES string of the molecule is CCCSc1nc2n(n1)C(c1ccc(OCc3ccccc3Cl)c(OC)c1)C(C(=O)OCC)=C(C)N2. The zero-order valence-electron chi connectivity index (χ0n) is 20.7. The molecule has 0 radical (unpaired) electrons. The molecule has 0 aliphatic carbocycles. The second-order valence-corrected chi connectivity index (χ2v) is 9.56. The zero-order valence-corrected chi connectivity index (χ0v) is 22.3. The molecule has 0 fully saturated rings. The highest BCUT2D eigenvalue weighted by atomic mass is 35.5. The molecule has 1 aliphatic rings. The van der Waals surface area contributed by atoms with Crippen molar-refractivity contribution in [2.75, 3.05) is 24.8 Å². The Morgan fingerprint density at radius 3 is 2.72 bits per heavy atom. The molecule has 1 aromatic heterocycles. The number of methoxy groups -OCH3 is 1. The van der Waals surface area contributed by atoms with E-state index in [1.807, 2.05) is 49.4 Å². The van der Waals surface area contributed by atoms with E-state index in [-0.39, 0.29) is 6.61 Å². The van der Waals surface area contributed by atoms with Gasteiger partial charge in [-0.05, 0) is 44.0 Å². The maximum absolute atomic E-state index is 13.0. The van der Waals surface area contributed by atoms with Gasteiger partial charge in [-0.3, -0.25) is 0 Å². The lowest BCUT2D eigenvalue weighted by Gasteiger charge is -2.28. The number of ether oxygens (including phenoxy) is 3. The molecule has 0 amide bonds. The fourth-order valence-corrected chi connectivity index (χ4v) is 4.79. The van der Waals surface area contributed by atoms with E-state index in [9.17, 15) is 4.79 Å². The van der Waals surface area contributed by atoms with E-state index in [1.165, 1.54) is 0 Å². The van der Waals surface area contributed by atoms with Gasteiger partial charge in [0.1, 0.15) is 12.6 Å². The van der Waals surface area contributed by atoms with Crippen LogP contribution >= 0.6 is 23.4 Å². The number of carbonyl (C=O) groups excluding carboxylic acids is 1. The monoisotopic (exact) mass is 528 g/mol. The Morgan fingerprint density at radius 1 is 1.19 bits per heavy atom. The van der Waals surface area contributed by atoms with Crippen LogP contribution in [0.5, 0.6) is 11.5 Å². The van der Waals surface area contributed by atoms with Crippen molar-refractivity contribution in [3.05, 3.63) is 69.9 Å². The number of allylic oxidation sites excluding steroid dienone is 1. The van der Waals surface area contributed by atoms with Gasteiger partial charge < -0.3 is 19.5 Å². The summed E-state index contributed by atoms with van der Waals surface area (Å²) in [5.74, 6) is 2.15.